The first-order valence-electron chi connectivity index (χ1n) is 6.50. The summed E-state index contributed by atoms with van der Waals surface area (Å²) >= 11 is 3.37. The summed E-state index contributed by atoms with van der Waals surface area (Å²) in [6, 6.07) is 15.6. The van der Waals surface area contributed by atoms with Crippen LogP contribution in [0, 0.1) is 6.92 Å². The van der Waals surface area contributed by atoms with Crippen LogP contribution in [0.4, 0.5) is 5.69 Å². The van der Waals surface area contributed by atoms with Gasteiger partial charge in [-0.2, -0.15) is 0 Å². The van der Waals surface area contributed by atoms with Crippen molar-refractivity contribution in [1.82, 2.24) is 0 Å². The molecule has 2 N–H and O–H groups in total. The lowest BCUT2D eigenvalue weighted by molar-refractivity contribution is 0.117. The van der Waals surface area contributed by atoms with Gasteiger partial charge in [0, 0.05) is 16.7 Å². The third-order valence-corrected chi connectivity index (χ3v) is 3.34. The van der Waals surface area contributed by atoms with Crippen molar-refractivity contribution in [2.24, 2.45) is 0 Å². The van der Waals surface area contributed by atoms with E-state index < -0.39 is 6.10 Å². The zero-order valence-corrected chi connectivity index (χ0v) is 12.9. The van der Waals surface area contributed by atoms with Crippen LogP contribution in [-0.2, 0) is 0 Å². The van der Waals surface area contributed by atoms with Crippen LogP contribution in [0.15, 0.2) is 53.0 Å². The Morgan fingerprint density at radius 3 is 2.65 bits per heavy atom. The molecule has 0 saturated heterocycles. The molecule has 1 atom stereocenters. The molecule has 0 heterocycles. The lowest BCUT2D eigenvalue weighted by atomic mass is 10.2. The first kappa shape index (κ1) is 14.9. The number of benzene rings is 2. The van der Waals surface area contributed by atoms with E-state index >= 15 is 0 Å². The second kappa shape index (κ2) is 7.31. The van der Waals surface area contributed by atoms with Crippen LogP contribution in [0.25, 0.3) is 0 Å². The SMILES string of the molecule is Cc1cccc(NCC(O)COc2ccc(Br)cc2)c1. The Morgan fingerprint density at radius 1 is 1.20 bits per heavy atom. The standard InChI is InChI=1S/C16H18BrNO2/c1-12-3-2-4-14(9-12)18-10-15(19)11-20-16-7-5-13(17)6-8-16/h2-9,15,18-19H,10-11H2,1H3. The zero-order chi connectivity index (χ0) is 14.4. The number of aliphatic hydroxyl groups is 1. The van der Waals surface area contributed by atoms with Gasteiger partial charge >= 0.3 is 0 Å². The third-order valence-electron chi connectivity index (χ3n) is 2.82. The van der Waals surface area contributed by atoms with Gasteiger partial charge in [0.15, 0.2) is 0 Å². The van der Waals surface area contributed by atoms with E-state index in [0.29, 0.717) is 6.54 Å². The molecular formula is C16H18BrNO2. The second-order valence-corrected chi connectivity index (χ2v) is 5.58. The van der Waals surface area contributed by atoms with Crippen LogP contribution in [0.1, 0.15) is 5.56 Å². The van der Waals surface area contributed by atoms with Crippen molar-refractivity contribution in [3.05, 3.63) is 58.6 Å². The Morgan fingerprint density at radius 2 is 1.95 bits per heavy atom. The lowest BCUT2D eigenvalue weighted by Crippen LogP contribution is -2.26. The monoisotopic (exact) mass is 335 g/mol. The molecule has 0 aliphatic carbocycles. The zero-order valence-electron chi connectivity index (χ0n) is 11.3. The number of anilines is 1. The van der Waals surface area contributed by atoms with Crippen molar-refractivity contribution in [3.8, 4) is 5.75 Å². The first-order chi connectivity index (χ1) is 9.63. The molecule has 1 unspecified atom stereocenters. The van der Waals surface area contributed by atoms with E-state index in [1.54, 1.807) is 0 Å². The van der Waals surface area contributed by atoms with E-state index in [1.807, 2.05) is 55.5 Å². The van der Waals surface area contributed by atoms with Gasteiger partial charge in [0.2, 0.25) is 0 Å². The Hall–Kier alpha value is -1.52. The molecular weight excluding hydrogens is 318 g/mol. The molecule has 0 aromatic heterocycles. The van der Waals surface area contributed by atoms with Crippen molar-refractivity contribution in [2.75, 3.05) is 18.5 Å². The molecule has 2 aromatic rings. The minimum atomic E-state index is -0.556. The maximum Gasteiger partial charge on any atom is 0.119 e. The largest absolute Gasteiger partial charge is 0.491 e. The minimum absolute atomic E-state index is 0.264. The van der Waals surface area contributed by atoms with E-state index in [1.165, 1.54) is 5.56 Å². The number of halogens is 1. The normalized spacial score (nSPS) is 11.9. The van der Waals surface area contributed by atoms with Gasteiger partial charge in [-0.25, -0.2) is 0 Å². The van der Waals surface area contributed by atoms with Crippen LogP contribution in [0.3, 0.4) is 0 Å². The quantitative estimate of drug-likeness (QED) is 0.847. The van der Waals surface area contributed by atoms with Crippen molar-refractivity contribution in [2.45, 2.75) is 13.0 Å². The first-order valence-corrected chi connectivity index (χ1v) is 7.30. The molecule has 0 amide bonds. The fourth-order valence-corrected chi connectivity index (χ4v) is 2.04. The fourth-order valence-electron chi connectivity index (χ4n) is 1.77. The van der Waals surface area contributed by atoms with Crippen LogP contribution in [0.5, 0.6) is 5.75 Å². The molecule has 106 valence electrons. The van der Waals surface area contributed by atoms with Crippen LogP contribution in [-0.4, -0.2) is 24.4 Å². The Kier molecular flexibility index (Phi) is 5.44. The number of aliphatic hydroxyl groups excluding tert-OH is 1. The molecule has 0 radical (unpaired) electrons. The van der Waals surface area contributed by atoms with Gasteiger partial charge in [0.05, 0.1) is 0 Å². The molecule has 2 rings (SSSR count). The number of hydrogen-bond donors (Lipinski definition) is 2. The minimum Gasteiger partial charge on any atom is -0.491 e. The second-order valence-electron chi connectivity index (χ2n) is 4.67. The van der Waals surface area contributed by atoms with Crippen molar-refractivity contribution in [3.63, 3.8) is 0 Å². The van der Waals surface area contributed by atoms with Crippen molar-refractivity contribution in [1.29, 1.82) is 0 Å². The number of aryl methyl sites for hydroxylation is 1. The third kappa shape index (κ3) is 4.87. The highest BCUT2D eigenvalue weighted by molar-refractivity contribution is 9.10. The maximum absolute atomic E-state index is 9.90. The Labute approximate surface area is 127 Å². The smallest absolute Gasteiger partial charge is 0.119 e. The summed E-state index contributed by atoms with van der Waals surface area (Å²) in [5, 5.41) is 13.1. The van der Waals surface area contributed by atoms with Crippen molar-refractivity contribution < 1.29 is 9.84 Å². The molecule has 4 heteroatoms. The van der Waals surface area contributed by atoms with Gasteiger partial charge < -0.3 is 15.2 Å². The average molecular weight is 336 g/mol. The molecule has 0 saturated carbocycles. The van der Waals surface area contributed by atoms with E-state index in [2.05, 4.69) is 21.2 Å². The predicted molar refractivity (Wildman–Crippen MR) is 85.3 cm³/mol. The number of hydrogen-bond acceptors (Lipinski definition) is 3. The molecule has 0 aliphatic rings. The van der Waals surface area contributed by atoms with Gasteiger partial charge in [-0.15, -0.1) is 0 Å². The summed E-state index contributed by atoms with van der Waals surface area (Å²) in [5.41, 5.74) is 2.20. The highest BCUT2D eigenvalue weighted by Gasteiger charge is 2.05. The average Bonchev–Trinajstić information content (AvgIpc) is 2.45. The lowest BCUT2D eigenvalue weighted by Gasteiger charge is -2.14. The van der Waals surface area contributed by atoms with Gasteiger partial charge in [0.25, 0.3) is 0 Å². The van der Waals surface area contributed by atoms with Gasteiger partial charge in [-0.1, -0.05) is 28.1 Å². The van der Waals surface area contributed by atoms with E-state index in [4.69, 9.17) is 4.74 Å². The molecule has 0 spiro atoms. The summed E-state index contributed by atoms with van der Waals surface area (Å²) in [5.74, 6) is 0.753. The number of rotatable bonds is 6. The Balaban J connectivity index is 1.75. The summed E-state index contributed by atoms with van der Waals surface area (Å²) in [6.45, 7) is 2.76. The molecule has 20 heavy (non-hydrogen) atoms. The van der Waals surface area contributed by atoms with E-state index in [9.17, 15) is 5.11 Å². The fraction of sp³-hybridized carbons (Fsp3) is 0.250. The van der Waals surface area contributed by atoms with Gasteiger partial charge in [-0.05, 0) is 48.9 Å². The highest BCUT2D eigenvalue weighted by Crippen LogP contribution is 2.16. The van der Waals surface area contributed by atoms with Crippen LogP contribution in [0.2, 0.25) is 0 Å². The van der Waals surface area contributed by atoms with Crippen molar-refractivity contribution >= 4 is 21.6 Å². The maximum atomic E-state index is 9.90. The molecule has 0 aliphatic heterocycles. The van der Waals surface area contributed by atoms with Crippen LogP contribution >= 0.6 is 15.9 Å². The van der Waals surface area contributed by atoms with Crippen LogP contribution < -0.4 is 10.1 Å². The van der Waals surface area contributed by atoms with Gasteiger partial charge in [-0.3, -0.25) is 0 Å². The highest BCUT2D eigenvalue weighted by atomic mass is 79.9. The number of ether oxygens (including phenoxy) is 1. The summed E-state index contributed by atoms with van der Waals surface area (Å²) in [4.78, 5) is 0. The Bertz CT molecular complexity index is 542. The number of nitrogens with one attached hydrogen (secondary N) is 1. The molecule has 0 fully saturated rings. The summed E-state index contributed by atoms with van der Waals surface area (Å²) in [7, 11) is 0. The molecule has 0 bridgehead atoms. The van der Waals surface area contributed by atoms with E-state index in [-0.39, 0.29) is 6.61 Å². The molecule has 3 nitrogen and oxygen atoms in total. The summed E-state index contributed by atoms with van der Waals surface area (Å²) in [6.07, 6.45) is -0.556. The van der Waals surface area contributed by atoms with Gasteiger partial charge in [0.1, 0.15) is 18.5 Å². The molecule has 2 aromatic carbocycles. The topological polar surface area (TPSA) is 41.5 Å². The van der Waals surface area contributed by atoms with E-state index in [0.717, 1.165) is 15.9 Å². The summed E-state index contributed by atoms with van der Waals surface area (Å²) < 4.78 is 6.53. The predicted octanol–water partition coefficient (Wildman–Crippen LogP) is 3.61.